The van der Waals surface area contributed by atoms with Crippen LogP contribution < -0.4 is 4.90 Å². The second-order valence-electron chi connectivity index (χ2n) is 9.26. The Balaban J connectivity index is 1.47. The van der Waals surface area contributed by atoms with Gasteiger partial charge in [-0.3, -0.25) is 4.98 Å². The van der Waals surface area contributed by atoms with E-state index in [-0.39, 0.29) is 0 Å². The van der Waals surface area contributed by atoms with Crippen LogP contribution in [0.5, 0.6) is 0 Å². The molecule has 0 radical (unpaired) electrons. The maximum absolute atomic E-state index is 9.37. The van der Waals surface area contributed by atoms with Crippen LogP contribution in [0, 0.1) is 11.3 Å². The molecule has 3 nitrogen and oxygen atoms in total. The zero-order valence-corrected chi connectivity index (χ0v) is 20.0. The fourth-order valence-electron chi connectivity index (χ4n) is 5.36. The van der Waals surface area contributed by atoms with Crippen molar-refractivity contribution >= 4 is 49.4 Å². The summed E-state index contributed by atoms with van der Waals surface area (Å²) < 4.78 is 0. The molecule has 7 aromatic rings. The minimum absolute atomic E-state index is 0.642. The molecule has 0 aliphatic carbocycles. The number of nitriles is 1. The van der Waals surface area contributed by atoms with Gasteiger partial charge in [-0.25, -0.2) is 0 Å². The molecule has 172 valence electrons. The van der Waals surface area contributed by atoms with Crippen molar-refractivity contribution in [3.05, 3.63) is 133 Å². The molecule has 3 heteroatoms. The molecule has 1 heterocycles. The third-order valence-electron chi connectivity index (χ3n) is 7.06. The maximum atomic E-state index is 9.37. The van der Waals surface area contributed by atoms with Gasteiger partial charge in [-0.05, 0) is 92.5 Å². The molecule has 1 aromatic heterocycles. The molecule has 0 aliphatic heterocycles. The SMILES string of the molecule is N#Cc1ccc(N(c2cccc(-c3cccnc3)c2)c2cc3ccc4cccc5ccc(c2)c3c45)cc1. The van der Waals surface area contributed by atoms with Crippen LogP contribution in [0.15, 0.2) is 128 Å². The number of nitrogens with zero attached hydrogens (tertiary/aromatic N) is 3. The van der Waals surface area contributed by atoms with Crippen molar-refractivity contribution in [2.24, 2.45) is 0 Å². The lowest BCUT2D eigenvalue weighted by atomic mass is 9.93. The number of benzene rings is 6. The fourth-order valence-corrected chi connectivity index (χ4v) is 5.36. The standard InChI is InChI=1S/C34H21N3/c35-21-23-9-15-30(16-10-23)37(31-8-2-6-26(18-31)29-7-3-17-36-22-29)32-19-27-13-11-24-4-1-5-25-12-14-28(20-32)34(27)33(24)25/h1-20,22H. The second-order valence-corrected chi connectivity index (χ2v) is 9.26. The molecule has 0 fully saturated rings. The molecule has 6 aromatic carbocycles. The Morgan fingerprint density at radius 1 is 0.541 bits per heavy atom. The van der Waals surface area contributed by atoms with E-state index in [1.165, 1.54) is 32.3 Å². The molecular formula is C34H21N3. The molecule has 37 heavy (non-hydrogen) atoms. The first kappa shape index (κ1) is 21.1. The van der Waals surface area contributed by atoms with E-state index in [0.29, 0.717) is 5.56 Å². The number of pyridine rings is 1. The average molecular weight is 472 g/mol. The van der Waals surface area contributed by atoms with Crippen molar-refractivity contribution in [1.29, 1.82) is 5.26 Å². The zero-order chi connectivity index (χ0) is 24.8. The quantitative estimate of drug-likeness (QED) is 0.240. The zero-order valence-electron chi connectivity index (χ0n) is 20.0. The van der Waals surface area contributed by atoms with Crippen LogP contribution in [0.25, 0.3) is 43.4 Å². The van der Waals surface area contributed by atoms with Gasteiger partial charge in [0.25, 0.3) is 0 Å². The van der Waals surface area contributed by atoms with E-state index in [4.69, 9.17) is 0 Å². The third kappa shape index (κ3) is 3.55. The lowest BCUT2D eigenvalue weighted by Crippen LogP contribution is -2.10. The van der Waals surface area contributed by atoms with Crippen LogP contribution in [-0.2, 0) is 0 Å². The highest BCUT2D eigenvalue weighted by atomic mass is 15.1. The third-order valence-corrected chi connectivity index (χ3v) is 7.06. The van der Waals surface area contributed by atoms with Crippen LogP contribution >= 0.6 is 0 Å². The van der Waals surface area contributed by atoms with Gasteiger partial charge in [0, 0.05) is 35.0 Å². The first-order valence-corrected chi connectivity index (χ1v) is 12.3. The highest BCUT2D eigenvalue weighted by molar-refractivity contribution is 6.23. The van der Waals surface area contributed by atoms with Gasteiger partial charge in [0.05, 0.1) is 11.6 Å². The summed E-state index contributed by atoms with van der Waals surface area (Å²) in [5.41, 5.74) is 5.91. The van der Waals surface area contributed by atoms with Gasteiger partial charge in [0.15, 0.2) is 0 Å². The lowest BCUT2D eigenvalue weighted by Gasteiger charge is -2.27. The van der Waals surface area contributed by atoms with E-state index in [9.17, 15) is 5.26 Å². The van der Waals surface area contributed by atoms with E-state index in [1.807, 2.05) is 36.5 Å². The Morgan fingerprint density at radius 2 is 1.19 bits per heavy atom. The number of anilines is 3. The van der Waals surface area contributed by atoms with Crippen molar-refractivity contribution in [2.45, 2.75) is 0 Å². The van der Waals surface area contributed by atoms with Crippen LogP contribution in [-0.4, -0.2) is 4.98 Å². The molecule has 0 N–H and O–H groups in total. The van der Waals surface area contributed by atoms with E-state index in [2.05, 4.69) is 101 Å². The smallest absolute Gasteiger partial charge is 0.0991 e. The van der Waals surface area contributed by atoms with Crippen LogP contribution in [0.1, 0.15) is 5.56 Å². The molecule has 0 saturated carbocycles. The van der Waals surface area contributed by atoms with Crippen LogP contribution in [0.2, 0.25) is 0 Å². The predicted octanol–water partition coefficient (Wildman–Crippen LogP) is 8.99. The van der Waals surface area contributed by atoms with E-state index in [0.717, 1.165) is 28.2 Å². The molecule has 0 unspecified atom stereocenters. The predicted molar refractivity (Wildman–Crippen MR) is 153 cm³/mol. The van der Waals surface area contributed by atoms with Crippen molar-refractivity contribution in [1.82, 2.24) is 4.98 Å². The molecule has 0 spiro atoms. The number of hydrogen-bond donors (Lipinski definition) is 0. The second kappa shape index (κ2) is 8.48. The minimum atomic E-state index is 0.642. The maximum Gasteiger partial charge on any atom is 0.0991 e. The van der Waals surface area contributed by atoms with Crippen LogP contribution in [0.3, 0.4) is 0 Å². The van der Waals surface area contributed by atoms with Crippen molar-refractivity contribution in [2.75, 3.05) is 4.90 Å². The molecule has 7 rings (SSSR count). The number of aromatic nitrogens is 1. The van der Waals surface area contributed by atoms with Gasteiger partial charge in [0.2, 0.25) is 0 Å². The number of rotatable bonds is 4. The van der Waals surface area contributed by atoms with E-state index >= 15 is 0 Å². The first-order valence-electron chi connectivity index (χ1n) is 12.3. The average Bonchev–Trinajstić information content (AvgIpc) is 2.97. The summed E-state index contributed by atoms with van der Waals surface area (Å²) in [5.74, 6) is 0. The fraction of sp³-hybridized carbons (Fsp3) is 0. The molecule has 0 amide bonds. The van der Waals surface area contributed by atoms with Crippen LogP contribution in [0.4, 0.5) is 17.1 Å². The van der Waals surface area contributed by atoms with Gasteiger partial charge in [-0.2, -0.15) is 5.26 Å². The Morgan fingerprint density at radius 3 is 1.86 bits per heavy atom. The summed E-state index contributed by atoms with van der Waals surface area (Å²) in [5, 5.41) is 16.9. The summed E-state index contributed by atoms with van der Waals surface area (Å²) in [6.07, 6.45) is 3.68. The molecule has 0 saturated heterocycles. The Hall–Kier alpha value is -5.20. The molecule has 0 bridgehead atoms. The lowest BCUT2D eigenvalue weighted by molar-refractivity contribution is 1.28. The summed E-state index contributed by atoms with van der Waals surface area (Å²) in [6.45, 7) is 0. The number of hydrogen-bond acceptors (Lipinski definition) is 3. The van der Waals surface area contributed by atoms with Crippen molar-refractivity contribution < 1.29 is 0 Å². The molecule has 0 atom stereocenters. The van der Waals surface area contributed by atoms with Crippen molar-refractivity contribution in [3.63, 3.8) is 0 Å². The topological polar surface area (TPSA) is 39.9 Å². The molecular weight excluding hydrogens is 450 g/mol. The normalized spacial score (nSPS) is 11.2. The Labute approximate surface area is 214 Å². The Bertz CT molecular complexity index is 1870. The van der Waals surface area contributed by atoms with E-state index < -0.39 is 0 Å². The van der Waals surface area contributed by atoms with Crippen molar-refractivity contribution in [3.8, 4) is 17.2 Å². The van der Waals surface area contributed by atoms with Gasteiger partial charge >= 0.3 is 0 Å². The highest BCUT2D eigenvalue weighted by Crippen LogP contribution is 2.42. The van der Waals surface area contributed by atoms with Gasteiger partial charge in [0.1, 0.15) is 0 Å². The Kier molecular flexibility index (Phi) is 4.84. The molecule has 0 aliphatic rings. The summed E-state index contributed by atoms with van der Waals surface area (Å²) in [4.78, 5) is 6.57. The van der Waals surface area contributed by atoms with Gasteiger partial charge < -0.3 is 4.90 Å². The van der Waals surface area contributed by atoms with E-state index in [1.54, 1.807) is 6.20 Å². The summed E-state index contributed by atoms with van der Waals surface area (Å²) in [7, 11) is 0. The minimum Gasteiger partial charge on any atom is -0.310 e. The van der Waals surface area contributed by atoms with Gasteiger partial charge in [-0.1, -0.05) is 60.7 Å². The summed E-state index contributed by atoms with van der Waals surface area (Å²) in [6, 6.07) is 42.4. The van der Waals surface area contributed by atoms with Gasteiger partial charge in [-0.15, -0.1) is 0 Å². The summed E-state index contributed by atoms with van der Waals surface area (Å²) >= 11 is 0. The monoisotopic (exact) mass is 471 g/mol. The first-order chi connectivity index (χ1) is 18.3. The highest BCUT2D eigenvalue weighted by Gasteiger charge is 2.17. The largest absolute Gasteiger partial charge is 0.310 e.